The molecule has 1 unspecified atom stereocenters. The first-order chi connectivity index (χ1) is 17.4. The third-order valence-corrected chi connectivity index (χ3v) is 7.35. The van der Waals surface area contributed by atoms with Crippen LogP contribution in [0.1, 0.15) is 24.1 Å². The lowest BCUT2D eigenvalue weighted by atomic mass is 10.1. The van der Waals surface area contributed by atoms with Gasteiger partial charge in [-0.2, -0.15) is 4.31 Å². The van der Waals surface area contributed by atoms with E-state index in [1.54, 1.807) is 24.3 Å². The van der Waals surface area contributed by atoms with Gasteiger partial charge in [0.05, 0.1) is 39.7 Å². The number of rotatable bonds is 11. The molecule has 1 aliphatic heterocycles. The number of aromatic nitrogens is 1. The Morgan fingerprint density at radius 2 is 1.78 bits per heavy atom. The van der Waals surface area contributed by atoms with Crippen molar-refractivity contribution in [3.63, 3.8) is 0 Å². The molecule has 1 aliphatic rings. The van der Waals surface area contributed by atoms with Crippen LogP contribution in [-0.4, -0.2) is 58.5 Å². The van der Waals surface area contributed by atoms with Crippen LogP contribution in [0.25, 0.3) is 17.4 Å². The molecule has 10 heteroatoms. The summed E-state index contributed by atoms with van der Waals surface area (Å²) in [6.07, 6.45) is 3.14. The number of hydrogen-bond donors (Lipinski definition) is 0. The molecule has 2 aromatic carbocycles. The molecule has 1 aromatic heterocycles. The molecule has 192 valence electrons. The third-order valence-electron chi connectivity index (χ3n) is 5.87. The predicted molar refractivity (Wildman–Crippen MR) is 135 cm³/mol. The summed E-state index contributed by atoms with van der Waals surface area (Å²) in [6, 6.07) is 14.5. The van der Waals surface area contributed by atoms with Crippen molar-refractivity contribution in [3.8, 4) is 28.6 Å². The van der Waals surface area contributed by atoms with Gasteiger partial charge in [0.15, 0.2) is 17.3 Å². The highest BCUT2D eigenvalue weighted by Gasteiger charge is 2.27. The van der Waals surface area contributed by atoms with Crippen LogP contribution in [0, 0.1) is 0 Å². The molecular formula is C26H30N2O7S. The van der Waals surface area contributed by atoms with Gasteiger partial charge in [0.2, 0.25) is 15.8 Å². The van der Waals surface area contributed by atoms with E-state index >= 15 is 0 Å². The third kappa shape index (κ3) is 6.07. The van der Waals surface area contributed by atoms with Crippen LogP contribution in [0.4, 0.5) is 0 Å². The Bertz CT molecular complexity index is 1260. The number of ether oxygens (including phenoxy) is 4. The van der Waals surface area contributed by atoms with Crippen LogP contribution in [0.2, 0.25) is 0 Å². The molecule has 9 nitrogen and oxygen atoms in total. The van der Waals surface area contributed by atoms with Gasteiger partial charge in [0, 0.05) is 30.2 Å². The van der Waals surface area contributed by atoms with Crippen molar-refractivity contribution in [2.45, 2.75) is 25.5 Å². The average molecular weight is 515 g/mol. The standard InChI is InChI=1S/C26H30N2O7S/c1-31-24-14-20(15-25(32-2)26(24)33-3)23-16-21(27-35-23)17-28(18-22-10-7-12-34-22)36(29,30)13-11-19-8-5-4-6-9-19/h4-6,8-9,11,13-16,22H,7,10,12,17-18H2,1-3H3. The van der Waals surface area contributed by atoms with Crippen molar-refractivity contribution in [3.05, 3.63) is 65.2 Å². The van der Waals surface area contributed by atoms with E-state index in [4.69, 9.17) is 23.5 Å². The van der Waals surface area contributed by atoms with E-state index in [0.29, 0.717) is 40.9 Å². The van der Waals surface area contributed by atoms with Gasteiger partial charge in [0.1, 0.15) is 0 Å². The normalized spacial score (nSPS) is 16.1. The topological polar surface area (TPSA) is 100 Å². The number of sulfonamides is 1. The van der Waals surface area contributed by atoms with Crippen molar-refractivity contribution in [2.75, 3.05) is 34.5 Å². The van der Waals surface area contributed by atoms with Gasteiger partial charge in [-0.3, -0.25) is 0 Å². The Kier molecular flexibility index (Phi) is 8.29. The summed E-state index contributed by atoms with van der Waals surface area (Å²) in [4.78, 5) is 0. The van der Waals surface area contributed by atoms with Crippen molar-refractivity contribution in [1.29, 1.82) is 0 Å². The second kappa shape index (κ2) is 11.6. The van der Waals surface area contributed by atoms with Gasteiger partial charge < -0.3 is 23.5 Å². The average Bonchev–Trinajstić information content (AvgIpc) is 3.59. The van der Waals surface area contributed by atoms with Crippen LogP contribution >= 0.6 is 0 Å². The lowest BCUT2D eigenvalue weighted by Crippen LogP contribution is -2.35. The fourth-order valence-electron chi connectivity index (χ4n) is 4.02. The molecule has 1 saturated heterocycles. The summed E-state index contributed by atoms with van der Waals surface area (Å²) in [6.45, 7) is 0.900. The van der Waals surface area contributed by atoms with E-state index in [1.165, 1.54) is 31.0 Å². The molecule has 0 spiro atoms. The molecule has 0 radical (unpaired) electrons. The maximum Gasteiger partial charge on any atom is 0.236 e. The van der Waals surface area contributed by atoms with Gasteiger partial charge in [-0.25, -0.2) is 8.42 Å². The van der Waals surface area contributed by atoms with E-state index in [2.05, 4.69) is 5.16 Å². The first kappa shape index (κ1) is 25.7. The summed E-state index contributed by atoms with van der Waals surface area (Å²) < 4.78 is 55.4. The first-order valence-corrected chi connectivity index (χ1v) is 13.0. The molecule has 3 aromatic rings. The minimum Gasteiger partial charge on any atom is -0.493 e. The number of methoxy groups -OCH3 is 3. The van der Waals surface area contributed by atoms with Gasteiger partial charge in [0.25, 0.3) is 0 Å². The molecule has 1 atom stereocenters. The molecule has 0 amide bonds. The van der Waals surface area contributed by atoms with Crippen molar-refractivity contribution < 1.29 is 31.9 Å². The van der Waals surface area contributed by atoms with E-state index in [9.17, 15) is 8.42 Å². The molecule has 4 rings (SSSR count). The van der Waals surface area contributed by atoms with Crippen molar-refractivity contribution in [1.82, 2.24) is 9.46 Å². The van der Waals surface area contributed by atoms with E-state index in [-0.39, 0.29) is 19.2 Å². The largest absolute Gasteiger partial charge is 0.493 e. The van der Waals surface area contributed by atoms with Crippen LogP contribution in [0.5, 0.6) is 17.2 Å². The Hall–Kier alpha value is -3.34. The predicted octanol–water partition coefficient (Wildman–Crippen LogP) is 4.35. The molecular weight excluding hydrogens is 484 g/mol. The Balaban J connectivity index is 1.59. The summed E-state index contributed by atoms with van der Waals surface area (Å²) in [5.41, 5.74) is 1.92. The number of hydrogen-bond acceptors (Lipinski definition) is 8. The Labute approximate surface area is 211 Å². The highest BCUT2D eigenvalue weighted by Crippen LogP contribution is 2.41. The van der Waals surface area contributed by atoms with Crippen molar-refractivity contribution >= 4 is 16.1 Å². The Morgan fingerprint density at radius 1 is 1.06 bits per heavy atom. The number of benzene rings is 2. The monoisotopic (exact) mass is 514 g/mol. The molecule has 0 N–H and O–H groups in total. The first-order valence-electron chi connectivity index (χ1n) is 11.5. The van der Waals surface area contributed by atoms with E-state index in [0.717, 1.165) is 18.4 Å². The van der Waals surface area contributed by atoms with Gasteiger partial charge in [-0.1, -0.05) is 35.5 Å². The SMILES string of the molecule is COc1cc(-c2cc(CN(CC3CCCO3)S(=O)(=O)C=Cc3ccccc3)no2)cc(OC)c1OC. The second-order valence-electron chi connectivity index (χ2n) is 8.28. The zero-order valence-corrected chi connectivity index (χ0v) is 21.4. The van der Waals surface area contributed by atoms with Gasteiger partial charge in [-0.15, -0.1) is 0 Å². The minimum atomic E-state index is -3.76. The maximum atomic E-state index is 13.3. The lowest BCUT2D eigenvalue weighted by Gasteiger charge is -2.22. The lowest BCUT2D eigenvalue weighted by molar-refractivity contribution is 0.0925. The quantitative estimate of drug-likeness (QED) is 0.372. The van der Waals surface area contributed by atoms with Crippen LogP contribution in [-0.2, 0) is 21.3 Å². The molecule has 36 heavy (non-hydrogen) atoms. The maximum absolute atomic E-state index is 13.3. The minimum absolute atomic E-state index is 0.0370. The summed E-state index contributed by atoms with van der Waals surface area (Å²) in [5, 5.41) is 5.35. The fourth-order valence-corrected chi connectivity index (χ4v) is 5.20. The number of nitrogens with zero attached hydrogens (tertiary/aromatic N) is 2. The summed E-state index contributed by atoms with van der Waals surface area (Å²) in [5.74, 6) is 1.85. The van der Waals surface area contributed by atoms with Crippen LogP contribution in [0.3, 0.4) is 0 Å². The zero-order valence-electron chi connectivity index (χ0n) is 20.5. The van der Waals surface area contributed by atoms with Gasteiger partial charge in [-0.05, 0) is 36.6 Å². The molecule has 1 fully saturated rings. The smallest absolute Gasteiger partial charge is 0.236 e. The van der Waals surface area contributed by atoms with E-state index < -0.39 is 10.0 Å². The molecule has 0 saturated carbocycles. The fraction of sp³-hybridized carbons (Fsp3) is 0.346. The van der Waals surface area contributed by atoms with Gasteiger partial charge >= 0.3 is 0 Å². The van der Waals surface area contributed by atoms with Crippen LogP contribution in [0.15, 0.2) is 58.5 Å². The van der Waals surface area contributed by atoms with Crippen LogP contribution < -0.4 is 14.2 Å². The highest BCUT2D eigenvalue weighted by molar-refractivity contribution is 7.92. The molecule has 2 heterocycles. The second-order valence-corrected chi connectivity index (χ2v) is 10.1. The zero-order chi connectivity index (χ0) is 25.5. The Morgan fingerprint density at radius 3 is 2.39 bits per heavy atom. The molecule has 0 aliphatic carbocycles. The summed E-state index contributed by atoms with van der Waals surface area (Å²) in [7, 11) is 0.835. The van der Waals surface area contributed by atoms with E-state index in [1.807, 2.05) is 30.3 Å². The highest BCUT2D eigenvalue weighted by atomic mass is 32.2. The molecule has 0 bridgehead atoms. The summed E-state index contributed by atoms with van der Waals surface area (Å²) >= 11 is 0. The van der Waals surface area contributed by atoms with Crippen molar-refractivity contribution in [2.24, 2.45) is 0 Å².